The molecule has 4 N–H and O–H groups in total. The normalized spacial score (nSPS) is 13.0. The highest BCUT2D eigenvalue weighted by molar-refractivity contribution is 7.92. The topological polar surface area (TPSA) is 140 Å². The van der Waals surface area contributed by atoms with Crippen LogP contribution in [-0.4, -0.2) is 36.0 Å². The Morgan fingerprint density at radius 2 is 0.881 bits per heavy atom. The molecule has 4 aromatic carbocycles. The monoisotopic (exact) mass is 624 g/mol. The van der Waals surface area contributed by atoms with Gasteiger partial charge in [-0.15, -0.1) is 0 Å². The summed E-state index contributed by atoms with van der Waals surface area (Å²) >= 11 is 12.2. The number of hydrogen-bond donors (Lipinski definition) is 2. The lowest BCUT2D eigenvalue weighted by Gasteiger charge is -2.22. The zero-order valence-corrected chi connectivity index (χ0v) is 24.2. The molecular formula is C32H26Cl2O7S. The smallest absolute Gasteiger partial charge is 0.335 e. The molecule has 216 valence electrons. The summed E-state index contributed by atoms with van der Waals surface area (Å²) in [7, 11) is -4.03. The maximum atomic E-state index is 14.4. The van der Waals surface area contributed by atoms with Crippen LogP contribution in [0.2, 0.25) is 10.0 Å². The van der Waals surface area contributed by atoms with Gasteiger partial charge >= 0.3 is 11.9 Å². The second-order valence-electron chi connectivity index (χ2n) is 9.11. The Labute approximate surface area is 253 Å². The SMILES string of the molecule is O.O=C(O)c1ccc(/C=C/C(c2ccc(Cl)cc2)S(=O)(=O)C(/C=C/c2ccc(C(=O)O)cc2)c2ccc(Cl)cc2)cc1. The van der Waals surface area contributed by atoms with E-state index in [0.717, 1.165) is 0 Å². The number of carbonyl (C=O) groups is 2. The van der Waals surface area contributed by atoms with Crippen molar-refractivity contribution in [1.29, 1.82) is 0 Å². The molecule has 0 amide bonds. The summed E-state index contributed by atoms with van der Waals surface area (Å²) in [5.41, 5.74) is 2.47. The highest BCUT2D eigenvalue weighted by Crippen LogP contribution is 2.38. The number of aromatic carboxylic acids is 2. The van der Waals surface area contributed by atoms with Gasteiger partial charge in [0.1, 0.15) is 10.5 Å². The van der Waals surface area contributed by atoms with E-state index in [1.165, 1.54) is 24.3 Å². The van der Waals surface area contributed by atoms with Crippen LogP contribution in [0, 0.1) is 0 Å². The fourth-order valence-corrected chi connectivity index (χ4v) is 6.39. The van der Waals surface area contributed by atoms with E-state index in [1.807, 2.05) is 0 Å². The molecule has 0 aliphatic heterocycles. The summed E-state index contributed by atoms with van der Waals surface area (Å²) in [5.74, 6) is -2.12. The van der Waals surface area contributed by atoms with E-state index in [2.05, 4.69) is 0 Å². The zero-order valence-electron chi connectivity index (χ0n) is 21.9. The second kappa shape index (κ2) is 14.1. The van der Waals surface area contributed by atoms with Gasteiger partial charge in [-0.3, -0.25) is 0 Å². The van der Waals surface area contributed by atoms with Crippen molar-refractivity contribution in [2.24, 2.45) is 0 Å². The van der Waals surface area contributed by atoms with Crippen molar-refractivity contribution in [2.45, 2.75) is 10.5 Å². The van der Waals surface area contributed by atoms with Crippen molar-refractivity contribution in [2.75, 3.05) is 0 Å². The van der Waals surface area contributed by atoms with Gasteiger partial charge in [0.25, 0.3) is 0 Å². The molecule has 0 bridgehead atoms. The number of halogens is 2. The van der Waals surface area contributed by atoms with E-state index in [0.29, 0.717) is 32.3 Å². The standard InChI is InChI=1S/C32H24Cl2O6S.H2O/c33-27-15-11-23(12-16-27)29(19-5-21-1-7-25(8-2-21)31(35)36)41(39,40)30(24-13-17-28(34)18-14-24)20-6-22-3-9-26(10-4-22)32(37)38;/h1-20,29-30H,(H,35,36)(H,37,38);1H2/b19-5+,20-6+;. The quantitative estimate of drug-likeness (QED) is 0.191. The average Bonchev–Trinajstić information content (AvgIpc) is 2.95. The summed E-state index contributed by atoms with van der Waals surface area (Å²) in [6.07, 6.45) is 6.39. The van der Waals surface area contributed by atoms with E-state index in [4.69, 9.17) is 23.2 Å². The predicted octanol–water partition coefficient (Wildman–Crippen LogP) is 7.19. The Balaban J connectivity index is 0.00000484. The Morgan fingerprint density at radius 1 is 0.571 bits per heavy atom. The molecule has 0 radical (unpaired) electrons. The van der Waals surface area contributed by atoms with Crippen molar-refractivity contribution >= 4 is 57.1 Å². The van der Waals surface area contributed by atoms with Gasteiger partial charge in [-0.1, -0.05) is 96.0 Å². The summed E-state index contributed by atoms with van der Waals surface area (Å²) in [4.78, 5) is 22.4. The van der Waals surface area contributed by atoms with Crippen LogP contribution in [0.4, 0.5) is 0 Å². The minimum absolute atomic E-state index is 0. The van der Waals surface area contributed by atoms with E-state index in [-0.39, 0.29) is 16.6 Å². The fraction of sp³-hybridized carbons (Fsp3) is 0.0625. The van der Waals surface area contributed by atoms with Crippen molar-refractivity contribution in [3.8, 4) is 0 Å². The highest BCUT2D eigenvalue weighted by atomic mass is 35.5. The largest absolute Gasteiger partial charge is 0.478 e. The van der Waals surface area contributed by atoms with Crippen LogP contribution in [0.25, 0.3) is 12.2 Å². The minimum atomic E-state index is -4.03. The molecule has 4 aromatic rings. The zero-order chi connectivity index (χ0) is 29.6. The predicted molar refractivity (Wildman–Crippen MR) is 166 cm³/mol. The van der Waals surface area contributed by atoms with Crippen LogP contribution in [0.5, 0.6) is 0 Å². The molecule has 0 aliphatic carbocycles. The van der Waals surface area contributed by atoms with Gasteiger partial charge in [0, 0.05) is 10.0 Å². The highest BCUT2D eigenvalue weighted by Gasteiger charge is 2.33. The van der Waals surface area contributed by atoms with Gasteiger partial charge in [-0.05, 0) is 70.8 Å². The second-order valence-corrected chi connectivity index (χ2v) is 12.2. The van der Waals surface area contributed by atoms with Crippen LogP contribution in [0.15, 0.2) is 109 Å². The van der Waals surface area contributed by atoms with Gasteiger partial charge in [-0.25, -0.2) is 18.0 Å². The number of hydrogen-bond acceptors (Lipinski definition) is 4. The Bertz CT molecular complexity index is 1570. The summed E-state index contributed by atoms with van der Waals surface area (Å²) in [6, 6.07) is 25.3. The van der Waals surface area contributed by atoms with Crippen LogP contribution >= 0.6 is 23.2 Å². The third-order valence-electron chi connectivity index (χ3n) is 6.35. The summed E-state index contributed by atoms with van der Waals surface area (Å²) < 4.78 is 28.8. The maximum Gasteiger partial charge on any atom is 0.335 e. The fourth-order valence-electron chi connectivity index (χ4n) is 4.15. The van der Waals surface area contributed by atoms with Gasteiger partial charge in [0.05, 0.1) is 11.1 Å². The third kappa shape index (κ3) is 7.96. The number of carboxylic acids is 2. The first-order valence-corrected chi connectivity index (χ1v) is 14.7. The first-order chi connectivity index (χ1) is 19.5. The first-order valence-electron chi connectivity index (χ1n) is 12.3. The van der Waals surface area contributed by atoms with E-state index < -0.39 is 32.3 Å². The van der Waals surface area contributed by atoms with Crippen molar-refractivity contribution in [1.82, 2.24) is 0 Å². The van der Waals surface area contributed by atoms with Crippen LogP contribution in [0.3, 0.4) is 0 Å². The summed E-state index contributed by atoms with van der Waals surface area (Å²) in [5, 5.41) is 17.1. The molecule has 0 heterocycles. The lowest BCUT2D eigenvalue weighted by molar-refractivity contribution is 0.0686. The Kier molecular flexibility index (Phi) is 10.9. The molecule has 0 aromatic heterocycles. The molecule has 0 saturated heterocycles. The number of carboxylic acid groups (broad SMARTS) is 2. The molecule has 0 saturated carbocycles. The number of sulfone groups is 1. The molecule has 7 nitrogen and oxygen atoms in total. The van der Waals surface area contributed by atoms with Crippen molar-refractivity contribution in [3.05, 3.63) is 153 Å². The molecule has 2 unspecified atom stereocenters. The Morgan fingerprint density at radius 3 is 1.17 bits per heavy atom. The van der Waals surface area contributed by atoms with Gasteiger partial charge in [0.15, 0.2) is 9.84 Å². The van der Waals surface area contributed by atoms with Crippen LogP contribution in [0.1, 0.15) is 53.5 Å². The molecule has 42 heavy (non-hydrogen) atoms. The van der Waals surface area contributed by atoms with Crippen molar-refractivity contribution < 1.29 is 33.7 Å². The number of benzene rings is 4. The Hall–Kier alpha value is -4.21. The number of rotatable bonds is 10. The molecule has 0 spiro atoms. The van der Waals surface area contributed by atoms with Crippen molar-refractivity contribution in [3.63, 3.8) is 0 Å². The van der Waals surface area contributed by atoms with E-state index in [1.54, 1.807) is 97.1 Å². The first kappa shape index (κ1) is 32.3. The lowest BCUT2D eigenvalue weighted by atomic mass is 10.1. The molecule has 0 aliphatic rings. The molecule has 2 atom stereocenters. The lowest BCUT2D eigenvalue weighted by Crippen LogP contribution is -2.19. The van der Waals surface area contributed by atoms with E-state index in [9.17, 15) is 28.2 Å². The van der Waals surface area contributed by atoms with Gasteiger partial charge in [-0.2, -0.15) is 0 Å². The average molecular weight is 626 g/mol. The third-order valence-corrected chi connectivity index (χ3v) is 9.13. The molecule has 10 heteroatoms. The van der Waals surface area contributed by atoms with Crippen LogP contribution in [-0.2, 0) is 9.84 Å². The minimum Gasteiger partial charge on any atom is -0.478 e. The van der Waals surface area contributed by atoms with Gasteiger partial charge < -0.3 is 15.7 Å². The van der Waals surface area contributed by atoms with Gasteiger partial charge in [0.2, 0.25) is 0 Å². The van der Waals surface area contributed by atoms with E-state index >= 15 is 0 Å². The maximum absolute atomic E-state index is 14.4. The molecule has 4 rings (SSSR count). The molecule has 0 fully saturated rings. The molecular weight excluding hydrogens is 599 g/mol. The van der Waals surface area contributed by atoms with Crippen LogP contribution < -0.4 is 0 Å². The summed E-state index contributed by atoms with van der Waals surface area (Å²) in [6.45, 7) is 0.